The van der Waals surface area contributed by atoms with Gasteiger partial charge in [0.1, 0.15) is 6.33 Å². The predicted octanol–water partition coefficient (Wildman–Crippen LogP) is 1.57. The minimum absolute atomic E-state index is 0.250. The highest BCUT2D eigenvalue weighted by Crippen LogP contribution is 2.38. The molecule has 0 bridgehead atoms. The van der Waals surface area contributed by atoms with Crippen LogP contribution in [-0.2, 0) is 6.54 Å². The lowest BCUT2D eigenvalue weighted by Gasteiger charge is -2.14. The van der Waals surface area contributed by atoms with E-state index in [9.17, 15) is 4.79 Å². The summed E-state index contributed by atoms with van der Waals surface area (Å²) in [6.45, 7) is 0.312. The van der Waals surface area contributed by atoms with Crippen LogP contribution in [0.4, 0.5) is 0 Å². The number of methoxy groups -OCH3 is 3. The number of ether oxygens (including phenoxy) is 3. The summed E-state index contributed by atoms with van der Waals surface area (Å²) in [5.74, 6) is 1.81. The highest BCUT2D eigenvalue weighted by atomic mass is 16.5. The number of rotatable bonds is 7. The summed E-state index contributed by atoms with van der Waals surface area (Å²) in [6.07, 6.45) is 3.97. The number of nitrogens with one attached hydrogen (secondary N) is 1. The van der Waals surface area contributed by atoms with Gasteiger partial charge < -0.3 is 24.1 Å². The normalized spacial score (nSPS) is 13.5. The zero-order chi connectivity index (χ0) is 17.1. The third-order valence-electron chi connectivity index (χ3n) is 3.92. The molecule has 0 saturated heterocycles. The Hall–Kier alpha value is -2.77. The molecule has 24 heavy (non-hydrogen) atoms. The van der Waals surface area contributed by atoms with Gasteiger partial charge in [0.2, 0.25) is 5.75 Å². The summed E-state index contributed by atoms with van der Waals surface area (Å²) >= 11 is 0. The quantitative estimate of drug-likeness (QED) is 0.828. The number of carbonyl (C=O) groups excluding carboxylic acids is 1. The Morgan fingerprint density at radius 3 is 2.42 bits per heavy atom. The third kappa shape index (κ3) is 3.12. The second-order valence-corrected chi connectivity index (χ2v) is 5.48. The minimum atomic E-state index is -0.250. The van der Waals surface area contributed by atoms with E-state index in [0.29, 0.717) is 35.4 Å². The van der Waals surface area contributed by atoms with Crippen molar-refractivity contribution in [3.63, 3.8) is 0 Å². The van der Waals surface area contributed by atoms with Gasteiger partial charge in [-0.3, -0.25) is 4.79 Å². The lowest BCUT2D eigenvalue weighted by Crippen LogP contribution is -2.24. The molecule has 1 saturated carbocycles. The molecule has 0 unspecified atom stereocenters. The van der Waals surface area contributed by atoms with Crippen LogP contribution < -0.4 is 19.5 Å². The van der Waals surface area contributed by atoms with Crippen LogP contribution in [0.2, 0.25) is 0 Å². The average molecular weight is 332 g/mol. The Kier molecular flexibility index (Phi) is 4.54. The summed E-state index contributed by atoms with van der Waals surface area (Å²) in [5.41, 5.74) is 0.419. The van der Waals surface area contributed by atoms with Crippen molar-refractivity contribution in [3.05, 3.63) is 29.8 Å². The zero-order valence-electron chi connectivity index (χ0n) is 13.9. The first-order valence-corrected chi connectivity index (χ1v) is 7.64. The second-order valence-electron chi connectivity index (χ2n) is 5.48. The maximum Gasteiger partial charge on any atom is 0.251 e. The molecule has 1 aromatic carbocycles. The number of carbonyl (C=O) groups is 1. The zero-order valence-corrected chi connectivity index (χ0v) is 13.9. The van der Waals surface area contributed by atoms with E-state index >= 15 is 0 Å². The average Bonchev–Trinajstić information content (AvgIpc) is 3.36. The first kappa shape index (κ1) is 16.1. The van der Waals surface area contributed by atoms with Crippen LogP contribution in [0.1, 0.15) is 35.1 Å². The van der Waals surface area contributed by atoms with Gasteiger partial charge in [-0.05, 0) is 25.0 Å². The molecule has 1 N–H and O–H groups in total. The number of nitrogens with zero attached hydrogens (tertiary/aromatic N) is 3. The van der Waals surface area contributed by atoms with E-state index in [0.717, 1.165) is 18.7 Å². The van der Waals surface area contributed by atoms with E-state index in [1.54, 1.807) is 18.5 Å². The van der Waals surface area contributed by atoms with Crippen LogP contribution in [0.5, 0.6) is 17.2 Å². The highest BCUT2D eigenvalue weighted by molar-refractivity contribution is 5.95. The summed E-state index contributed by atoms with van der Waals surface area (Å²) in [7, 11) is 4.54. The molecule has 3 rings (SSSR count). The Morgan fingerprint density at radius 2 is 1.88 bits per heavy atom. The van der Waals surface area contributed by atoms with Gasteiger partial charge in [-0.25, -0.2) is 0 Å². The molecule has 1 aliphatic carbocycles. The first-order valence-electron chi connectivity index (χ1n) is 7.64. The van der Waals surface area contributed by atoms with Gasteiger partial charge >= 0.3 is 0 Å². The summed E-state index contributed by atoms with van der Waals surface area (Å²) in [5, 5.41) is 10.8. The van der Waals surface area contributed by atoms with Crippen molar-refractivity contribution >= 4 is 5.91 Å². The molecule has 0 atom stereocenters. The van der Waals surface area contributed by atoms with E-state index < -0.39 is 0 Å². The fourth-order valence-electron chi connectivity index (χ4n) is 2.52. The monoisotopic (exact) mass is 332 g/mol. The summed E-state index contributed by atoms with van der Waals surface area (Å²) in [6, 6.07) is 3.69. The number of hydrogen-bond donors (Lipinski definition) is 1. The third-order valence-corrected chi connectivity index (χ3v) is 3.92. The van der Waals surface area contributed by atoms with Crippen LogP contribution in [0.15, 0.2) is 18.5 Å². The van der Waals surface area contributed by atoms with Gasteiger partial charge in [0.15, 0.2) is 17.3 Å². The maximum atomic E-state index is 12.5. The summed E-state index contributed by atoms with van der Waals surface area (Å²) < 4.78 is 17.8. The van der Waals surface area contributed by atoms with Gasteiger partial charge in [-0.15, -0.1) is 10.2 Å². The Bertz CT molecular complexity index is 714. The van der Waals surface area contributed by atoms with Gasteiger partial charge in [-0.2, -0.15) is 0 Å². The van der Waals surface area contributed by atoms with Crippen LogP contribution in [0, 0.1) is 0 Å². The molecule has 1 aromatic heterocycles. The molecule has 1 amide bonds. The second kappa shape index (κ2) is 6.77. The van der Waals surface area contributed by atoms with Crippen LogP contribution in [-0.4, -0.2) is 42.0 Å². The lowest BCUT2D eigenvalue weighted by atomic mass is 10.1. The molecule has 0 spiro atoms. The Labute approximate surface area is 139 Å². The number of amides is 1. The van der Waals surface area contributed by atoms with Crippen LogP contribution >= 0.6 is 0 Å². The molecule has 1 aliphatic rings. The van der Waals surface area contributed by atoms with Crippen molar-refractivity contribution in [2.45, 2.75) is 25.4 Å². The van der Waals surface area contributed by atoms with Crippen LogP contribution in [0.3, 0.4) is 0 Å². The molecule has 1 fully saturated rings. The SMILES string of the molecule is COc1cc(C(=O)NCc2nncn2C2CC2)cc(OC)c1OC. The van der Waals surface area contributed by atoms with E-state index in [-0.39, 0.29) is 5.91 Å². The van der Waals surface area contributed by atoms with Crippen LogP contribution in [0.25, 0.3) is 0 Å². The standard InChI is InChI=1S/C16H20N4O4/c1-22-12-6-10(7-13(23-2)15(12)24-3)16(21)17-8-14-19-18-9-20(14)11-4-5-11/h6-7,9,11H,4-5,8H2,1-3H3,(H,17,21). The highest BCUT2D eigenvalue weighted by Gasteiger charge is 2.26. The molecular weight excluding hydrogens is 312 g/mol. The minimum Gasteiger partial charge on any atom is -0.493 e. The van der Waals surface area contributed by atoms with Gasteiger partial charge in [0, 0.05) is 11.6 Å². The molecule has 1 heterocycles. The van der Waals surface area contributed by atoms with Crippen molar-refractivity contribution in [2.75, 3.05) is 21.3 Å². The predicted molar refractivity (Wildman–Crippen MR) is 85.6 cm³/mol. The van der Waals surface area contributed by atoms with Crippen molar-refractivity contribution < 1.29 is 19.0 Å². The largest absolute Gasteiger partial charge is 0.493 e. The number of hydrogen-bond acceptors (Lipinski definition) is 6. The number of benzene rings is 1. The summed E-state index contributed by atoms with van der Waals surface area (Å²) in [4.78, 5) is 12.5. The maximum absolute atomic E-state index is 12.5. The van der Waals surface area contributed by atoms with E-state index in [4.69, 9.17) is 14.2 Å². The van der Waals surface area contributed by atoms with E-state index in [1.165, 1.54) is 21.3 Å². The molecule has 0 aliphatic heterocycles. The van der Waals surface area contributed by atoms with Crippen molar-refractivity contribution in [1.82, 2.24) is 20.1 Å². The van der Waals surface area contributed by atoms with Crippen molar-refractivity contribution in [3.8, 4) is 17.2 Å². The number of aromatic nitrogens is 3. The van der Waals surface area contributed by atoms with Gasteiger partial charge in [0.05, 0.1) is 27.9 Å². The molecular formula is C16H20N4O4. The fraction of sp³-hybridized carbons (Fsp3) is 0.438. The molecule has 128 valence electrons. The molecule has 2 aromatic rings. The molecule has 0 radical (unpaired) electrons. The Morgan fingerprint density at radius 1 is 1.21 bits per heavy atom. The molecule has 8 nitrogen and oxygen atoms in total. The lowest BCUT2D eigenvalue weighted by molar-refractivity contribution is 0.0948. The fourth-order valence-corrected chi connectivity index (χ4v) is 2.52. The van der Waals surface area contributed by atoms with Gasteiger partial charge in [0.25, 0.3) is 5.91 Å². The molecule has 8 heteroatoms. The first-order chi connectivity index (χ1) is 11.7. The van der Waals surface area contributed by atoms with E-state index in [2.05, 4.69) is 15.5 Å². The Balaban J connectivity index is 1.75. The smallest absolute Gasteiger partial charge is 0.251 e. The topological polar surface area (TPSA) is 87.5 Å². The van der Waals surface area contributed by atoms with E-state index in [1.807, 2.05) is 4.57 Å². The van der Waals surface area contributed by atoms with Gasteiger partial charge in [-0.1, -0.05) is 0 Å². The van der Waals surface area contributed by atoms with Crippen molar-refractivity contribution in [1.29, 1.82) is 0 Å². The van der Waals surface area contributed by atoms with Crippen molar-refractivity contribution in [2.24, 2.45) is 0 Å².